The largest absolute Gasteiger partial charge is 0.452 e. The number of hydrogen-bond acceptors (Lipinski definition) is 5. The first-order valence-electron chi connectivity index (χ1n) is 9.51. The second-order valence-electron chi connectivity index (χ2n) is 7.00. The molecule has 3 aromatic rings. The molecular weight excluding hydrogens is 382 g/mol. The lowest BCUT2D eigenvalue weighted by atomic mass is 10.1. The fraction of sp³-hybridized carbons (Fsp3) is 0.217. The molecule has 154 valence electrons. The monoisotopic (exact) mass is 405 g/mol. The van der Waals surface area contributed by atoms with E-state index in [9.17, 15) is 14.4 Å². The van der Waals surface area contributed by atoms with E-state index in [2.05, 4.69) is 15.6 Å². The number of nitrogens with zero attached hydrogens (tertiary/aromatic N) is 1. The second kappa shape index (κ2) is 9.17. The highest BCUT2D eigenvalue weighted by Gasteiger charge is 2.15. The molecule has 1 heterocycles. The molecule has 1 aromatic heterocycles. The predicted octanol–water partition coefficient (Wildman–Crippen LogP) is 3.07. The molecule has 2 N–H and O–H groups in total. The fourth-order valence-corrected chi connectivity index (χ4v) is 3.11. The maximum absolute atomic E-state index is 12.5. The Morgan fingerprint density at radius 2 is 1.63 bits per heavy atom. The molecule has 3 rings (SSSR count). The van der Waals surface area contributed by atoms with Crippen molar-refractivity contribution in [3.8, 4) is 0 Å². The molecule has 0 aliphatic heterocycles. The van der Waals surface area contributed by atoms with Gasteiger partial charge in [0.2, 0.25) is 5.91 Å². The SMILES string of the molecule is Cc1cc(C(=O)OCC(=O)NCC(=O)Nc2c(C)cccc2C)c2ccccc2n1. The normalized spacial score (nSPS) is 10.5. The lowest BCUT2D eigenvalue weighted by Gasteiger charge is -2.12. The number of fused-ring (bicyclic) bond motifs is 1. The van der Waals surface area contributed by atoms with Crippen molar-refractivity contribution in [1.82, 2.24) is 10.3 Å². The third-order valence-electron chi connectivity index (χ3n) is 4.59. The van der Waals surface area contributed by atoms with Gasteiger partial charge < -0.3 is 15.4 Å². The highest BCUT2D eigenvalue weighted by molar-refractivity contribution is 6.04. The quantitative estimate of drug-likeness (QED) is 0.614. The summed E-state index contributed by atoms with van der Waals surface area (Å²) in [4.78, 5) is 41.0. The third kappa shape index (κ3) is 5.00. The van der Waals surface area contributed by atoms with E-state index in [1.54, 1.807) is 31.2 Å². The molecule has 0 aliphatic rings. The Morgan fingerprint density at radius 1 is 0.933 bits per heavy atom. The Bertz CT molecular complexity index is 1100. The first-order chi connectivity index (χ1) is 14.3. The van der Waals surface area contributed by atoms with Gasteiger partial charge in [-0.1, -0.05) is 36.4 Å². The van der Waals surface area contributed by atoms with E-state index < -0.39 is 18.5 Å². The number of ether oxygens (including phenoxy) is 1. The van der Waals surface area contributed by atoms with Crippen molar-refractivity contribution in [2.45, 2.75) is 20.8 Å². The van der Waals surface area contributed by atoms with Crippen LogP contribution < -0.4 is 10.6 Å². The van der Waals surface area contributed by atoms with Gasteiger partial charge in [0.25, 0.3) is 5.91 Å². The molecule has 7 nitrogen and oxygen atoms in total. The van der Waals surface area contributed by atoms with Gasteiger partial charge in [-0.15, -0.1) is 0 Å². The van der Waals surface area contributed by atoms with E-state index in [-0.39, 0.29) is 12.5 Å². The van der Waals surface area contributed by atoms with Gasteiger partial charge in [-0.2, -0.15) is 0 Å². The summed E-state index contributed by atoms with van der Waals surface area (Å²) in [5.41, 5.74) is 4.29. The van der Waals surface area contributed by atoms with Gasteiger partial charge in [0.15, 0.2) is 6.61 Å². The number of carbonyl (C=O) groups is 3. The number of amides is 2. The smallest absolute Gasteiger partial charge is 0.339 e. The zero-order valence-electron chi connectivity index (χ0n) is 17.1. The number of aromatic nitrogens is 1. The predicted molar refractivity (Wildman–Crippen MR) is 114 cm³/mol. The van der Waals surface area contributed by atoms with Crippen molar-refractivity contribution in [2.75, 3.05) is 18.5 Å². The molecule has 0 unspecified atom stereocenters. The van der Waals surface area contributed by atoms with E-state index >= 15 is 0 Å². The lowest BCUT2D eigenvalue weighted by Crippen LogP contribution is -2.35. The van der Waals surface area contributed by atoms with Crippen molar-refractivity contribution in [3.05, 3.63) is 70.9 Å². The van der Waals surface area contributed by atoms with E-state index in [1.807, 2.05) is 38.1 Å². The molecule has 0 bridgehead atoms. The maximum atomic E-state index is 12.5. The first kappa shape index (κ1) is 21.0. The molecule has 7 heteroatoms. The number of para-hydroxylation sites is 2. The second-order valence-corrected chi connectivity index (χ2v) is 7.00. The standard InChI is InChI=1S/C23H23N3O4/c1-14-7-6-8-15(2)22(14)26-20(27)12-24-21(28)13-30-23(29)18-11-16(3)25-19-10-5-4-9-17(18)19/h4-11H,12-13H2,1-3H3,(H,24,28)(H,26,27). The van der Waals surface area contributed by atoms with Crippen LogP contribution in [0.4, 0.5) is 5.69 Å². The van der Waals surface area contributed by atoms with Crippen LogP contribution in [0, 0.1) is 20.8 Å². The molecule has 2 aromatic carbocycles. The Hall–Kier alpha value is -3.74. The molecular formula is C23H23N3O4. The van der Waals surface area contributed by atoms with E-state index in [1.165, 1.54) is 0 Å². The number of rotatable bonds is 6. The number of nitrogens with one attached hydrogen (secondary N) is 2. The molecule has 0 saturated carbocycles. The Kier molecular flexibility index (Phi) is 6.41. The van der Waals surface area contributed by atoms with Crippen LogP contribution in [0.25, 0.3) is 10.9 Å². The van der Waals surface area contributed by atoms with E-state index in [0.29, 0.717) is 22.2 Å². The van der Waals surface area contributed by atoms with Crippen molar-refractivity contribution >= 4 is 34.4 Å². The number of aryl methyl sites for hydroxylation is 3. The summed E-state index contributed by atoms with van der Waals surface area (Å²) < 4.78 is 5.13. The van der Waals surface area contributed by atoms with Crippen LogP contribution in [0.1, 0.15) is 27.2 Å². The Labute approximate surface area is 174 Å². The molecule has 0 spiro atoms. The van der Waals surface area contributed by atoms with Gasteiger partial charge in [-0.3, -0.25) is 14.6 Å². The van der Waals surface area contributed by atoms with Crippen molar-refractivity contribution in [1.29, 1.82) is 0 Å². The number of carbonyl (C=O) groups excluding carboxylic acids is 3. The van der Waals surface area contributed by atoms with E-state index in [4.69, 9.17) is 4.74 Å². The van der Waals surface area contributed by atoms with Crippen LogP contribution in [0.3, 0.4) is 0 Å². The summed E-state index contributed by atoms with van der Waals surface area (Å²) in [5, 5.41) is 5.89. The molecule has 0 saturated heterocycles. The highest BCUT2D eigenvalue weighted by atomic mass is 16.5. The molecule has 0 aliphatic carbocycles. The summed E-state index contributed by atoms with van der Waals surface area (Å²) in [6.45, 7) is 4.87. The first-order valence-corrected chi connectivity index (χ1v) is 9.51. The fourth-order valence-electron chi connectivity index (χ4n) is 3.11. The van der Waals surface area contributed by atoms with Crippen LogP contribution in [-0.2, 0) is 14.3 Å². The van der Waals surface area contributed by atoms with Crippen molar-refractivity contribution in [2.24, 2.45) is 0 Å². The van der Waals surface area contributed by atoms with Crippen LogP contribution in [0.15, 0.2) is 48.5 Å². The van der Waals surface area contributed by atoms with Gasteiger partial charge in [0, 0.05) is 16.8 Å². The van der Waals surface area contributed by atoms with Crippen LogP contribution in [-0.4, -0.2) is 35.9 Å². The number of hydrogen-bond donors (Lipinski definition) is 2. The summed E-state index contributed by atoms with van der Waals surface area (Å²) in [5.74, 6) is -1.54. The maximum Gasteiger partial charge on any atom is 0.339 e. The molecule has 0 atom stereocenters. The zero-order chi connectivity index (χ0) is 21.7. The molecule has 0 radical (unpaired) electrons. The van der Waals surface area contributed by atoms with E-state index in [0.717, 1.165) is 16.8 Å². The van der Waals surface area contributed by atoms with Gasteiger partial charge in [-0.25, -0.2) is 4.79 Å². The van der Waals surface area contributed by atoms with Gasteiger partial charge in [0.05, 0.1) is 17.6 Å². The van der Waals surface area contributed by atoms with Crippen LogP contribution >= 0.6 is 0 Å². The number of anilines is 1. The third-order valence-corrected chi connectivity index (χ3v) is 4.59. The van der Waals surface area contributed by atoms with Gasteiger partial charge in [-0.05, 0) is 44.0 Å². The molecule has 2 amide bonds. The number of pyridine rings is 1. The number of benzene rings is 2. The van der Waals surface area contributed by atoms with Crippen molar-refractivity contribution in [3.63, 3.8) is 0 Å². The lowest BCUT2D eigenvalue weighted by molar-refractivity contribution is -0.126. The van der Waals surface area contributed by atoms with Crippen LogP contribution in [0.5, 0.6) is 0 Å². The minimum absolute atomic E-state index is 0.221. The zero-order valence-corrected chi connectivity index (χ0v) is 17.1. The minimum atomic E-state index is -0.619. The Morgan fingerprint density at radius 3 is 2.37 bits per heavy atom. The number of esters is 1. The van der Waals surface area contributed by atoms with Gasteiger partial charge in [0.1, 0.15) is 0 Å². The highest BCUT2D eigenvalue weighted by Crippen LogP contribution is 2.20. The summed E-state index contributed by atoms with van der Waals surface area (Å²) in [6.07, 6.45) is 0. The average molecular weight is 405 g/mol. The summed E-state index contributed by atoms with van der Waals surface area (Å²) in [7, 11) is 0. The minimum Gasteiger partial charge on any atom is -0.452 e. The summed E-state index contributed by atoms with van der Waals surface area (Å²) >= 11 is 0. The molecule has 30 heavy (non-hydrogen) atoms. The average Bonchev–Trinajstić information content (AvgIpc) is 2.72. The topological polar surface area (TPSA) is 97.4 Å². The van der Waals surface area contributed by atoms with Crippen molar-refractivity contribution < 1.29 is 19.1 Å². The Balaban J connectivity index is 1.54. The van der Waals surface area contributed by atoms with Crippen LogP contribution in [0.2, 0.25) is 0 Å². The summed E-state index contributed by atoms with van der Waals surface area (Å²) in [6, 6.07) is 14.5. The molecule has 0 fully saturated rings. The van der Waals surface area contributed by atoms with Gasteiger partial charge >= 0.3 is 5.97 Å².